The van der Waals surface area contributed by atoms with E-state index < -0.39 is 5.97 Å². The predicted octanol–water partition coefficient (Wildman–Crippen LogP) is 3.02. The van der Waals surface area contributed by atoms with Crippen molar-refractivity contribution in [3.8, 4) is 0 Å². The predicted molar refractivity (Wildman–Crippen MR) is 84.6 cm³/mol. The van der Waals surface area contributed by atoms with Gasteiger partial charge in [0.05, 0.1) is 0 Å². The summed E-state index contributed by atoms with van der Waals surface area (Å²) in [6, 6.07) is 7.56. The van der Waals surface area contributed by atoms with Crippen molar-refractivity contribution in [3.05, 3.63) is 35.4 Å². The van der Waals surface area contributed by atoms with E-state index in [0.717, 1.165) is 31.4 Å². The second kappa shape index (κ2) is 7.50. The zero-order valence-electron chi connectivity index (χ0n) is 12.2. The van der Waals surface area contributed by atoms with Crippen LogP contribution in [0.15, 0.2) is 24.3 Å². The molecule has 0 unspecified atom stereocenters. The molecule has 5 heteroatoms. The Bertz CT molecular complexity index is 495. The maximum absolute atomic E-state index is 12.6. The molecule has 1 fully saturated rings. The molecule has 1 N–H and O–H groups in total. The summed E-state index contributed by atoms with van der Waals surface area (Å²) in [5.74, 6) is -0.204. The Morgan fingerprint density at radius 3 is 2.38 bits per heavy atom. The number of carbonyl (C=O) groups excluding carboxylic acids is 1. The van der Waals surface area contributed by atoms with E-state index in [1.165, 1.54) is 10.5 Å². The molecule has 0 aliphatic heterocycles. The third kappa shape index (κ3) is 4.24. The van der Waals surface area contributed by atoms with Crippen LogP contribution in [0.4, 0.5) is 0 Å². The van der Waals surface area contributed by atoms with E-state index in [1.54, 1.807) is 23.9 Å². The first-order valence-corrected chi connectivity index (χ1v) is 8.62. The molecule has 0 saturated heterocycles. The van der Waals surface area contributed by atoms with E-state index in [9.17, 15) is 9.59 Å². The standard InChI is InChI=1S/C16H21NO3S/c1-21-11-12-6-8-13(9-7-12)16(20)17(10-15(18)19)14-4-2-3-5-14/h6-9,14H,2-5,10-11H2,1H3,(H,18,19). The molecule has 4 nitrogen and oxygen atoms in total. The summed E-state index contributed by atoms with van der Waals surface area (Å²) in [6.45, 7) is -0.212. The molecule has 1 aromatic carbocycles. The molecule has 21 heavy (non-hydrogen) atoms. The Labute approximate surface area is 129 Å². The Morgan fingerprint density at radius 1 is 1.24 bits per heavy atom. The number of hydrogen-bond acceptors (Lipinski definition) is 3. The fraction of sp³-hybridized carbons (Fsp3) is 0.500. The van der Waals surface area contributed by atoms with Crippen LogP contribution in [0.2, 0.25) is 0 Å². The monoisotopic (exact) mass is 307 g/mol. The first kappa shape index (κ1) is 15.9. The van der Waals surface area contributed by atoms with Gasteiger partial charge in [-0.1, -0.05) is 25.0 Å². The molecule has 1 amide bonds. The molecule has 0 radical (unpaired) electrons. The molecule has 0 aromatic heterocycles. The topological polar surface area (TPSA) is 57.6 Å². The average Bonchev–Trinajstić information content (AvgIpc) is 2.99. The van der Waals surface area contributed by atoms with Crippen LogP contribution in [-0.2, 0) is 10.5 Å². The maximum Gasteiger partial charge on any atom is 0.323 e. The first-order chi connectivity index (χ1) is 10.1. The van der Waals surface area contributed by atoms with Crippen LogP contribution in [0.3, 0.4) is 0 Å². The number of carbonyl (C=O) groups is 2. The third-order valence-corrected chi connectivity index (χ3v) is 4.47. The maximum atomic E-state index is 12.6. The van der Waals surface area contributed by atoms with E-state index in [4.69, 9.17) is 5.11 Å². The number of nitrogens with zero attached hydrogens (tertiary/aromatic N) is 1. The van der Waals surface area contributed by atoms with Gasteiger partial charge in [-0.15, -0.1) is 0 Å². The molecule has 1 aromatic rings. The highest BCUT2D eigenvalue weighted by atomic mass is 32.2. The fourth-order valence-corrected chi connectivity index (χ4v) is 3.33. The van der Waals surface area contributed by atoms with E-state index >= 15 is 0 Å². The van der Waals surface area contributed by atoms with Crippen LogP contribution in [0.5, 0.6) is 0 Å². The van der Waals surface area contributed by atoms with Gasteiger partial charge in [0.1, 0.15) is 6.54 Å². The molecule has 0 bridgehead atoms. The van der Waals surface area contributed by atoms with E-state index in [-0.39, 0.29) is 18.5 Å². The van der Waals surface area contributed by atoms with Crippen LogP contribution in [0.1, 0.15) is 41.6 Å². The Hall–Kier alpha value is -1.49. The quantitative estimate of drug-likeness (QED) is 0.877. The zero-order valence-corrected chi connectivity index (χ0v) is 13.1. The minimum absolute atomic E-state index is 0.0690. The van der Waals surface area contributed by atoms with Crippen LogP contribution in [-0.4, -0.2) is 40.7 Å². The largest absolute Gasteiger partial charge is 0.480 e. The smallest absolute Gasteiger partial charge is 0.323 e. The van der Waals surface area contributed by atoms with Gasteiger partial charge in [-0.25, -0.2) is 0 Å². The SMILES string of the molecule is CSCc1ccc(C(=O)N(CC(=O)O)C2CCCC2)cc1. The normalized spacial score (nSPS) is 15.1. The lowest BCUT2D eigenvalue weighted by Gasteiger charge is -2.27. The summed E-state index contributed by atoms with van der Waals surface area (Å²) in [6.07, 6.45) is 5.99. The highest BCUT2D eigenvalue weighted by Gasteiger charge is 2.28. The van der Waals surface area contributed by atoms with Crippen molar-refractivity contribution in [2.45, 2.75) is 37.5 Å². The van der Waals surface area contributed by atoms with Crippen molar-refractivity contribution in [1.29, 1.82) is 0 Å². The second-order valence-corrected chi connectivity index (χ2v) is 6.26. The molecular weight excluding hydrogens is 286 g/mol. The first-order valence-electron chi connectivity index (χ1n) is 7.22. The molecule has 1 aliphatic rings. The van der Waals surface area contributed by atoms with Crippen molar-refractivity contribution >= 4 is 23.6 Å². The minimum Gasteiger partial charge on any atom is -0.480 e. The van der Waals surface area contributed by atoms with Gasteiger partial charge in [0, 0.05) is 17.4 Å². The summed E-state index contributed by atoms with van der Waals surface area (Å²) in [7, 11) is 0. The molecule has 114 valence electrons. The van der Waals surface area contributed by atoms with E-state index in [0.29, 0.717) is 5.56 Å². The highest BCUT2D eigenvalue weighted by Crippen LogP contribution is 2.25. The summed E-state index contributed by atoms with van der Waals surface area (Å²) >= 11 is 1.73. The van der Waals surface area contributed by atoms with Gasteiger partial charge >= 0.3 is 5.97 Å². The Kier molecular flexibility index (Phi) is 5.67. The zero-order chi connectivity index (χ0) is 15.2. The van der Waals surface area contributed by atoms with Crippen LogP contribution in [0, 0.1) is 0 Å². The molecular formula is C16H21NO3S. The van der Waals surface area contributed by atoms with Gasteiger partial charge in [-0.2, -0.15) is 11.8 Å². The molecule has 0 spiro atoms. The van der Waals surface area contributed by atoms with Crippen molar-refractivity contribution in [3.63, 3.8) is 0 Å². The lowest BCUT2D eigenvalue weighted by atomic mass is 10.1. The summed E-state index contributed by atoms with van der Waals surface area (Å²) in [5.41, 5.74) is 1.75. The van der Waals surface area contributed by atoms with Crippen LogP contribution >= 0.6 is 11.8 Å². The number of carboxylic acid groups (broad SMARTS) is 1. The number of aliphatic carboxylic acids is 1. The number of hydrogen-bond donors (Lipinski definition) is 1. The lowest BCUT2D eigenvalue weighted by molar-refractivity contribution is -0.138. The fourth-order valence-electron chi connectivity index (χ4n) is 2.80. The number of amides is 1. The van der Waals surface area contributed by atoms with Gasteiger partial charge < -0.3 is 10.0 Å². The van der Waals surface area contributed by atoms with E-state index in [1.807, 2.05) is 18.4 Å². The molecule has 1 aliphatic carbocycles. The van der Waals surface area contributed by atoms with Gasteiger partial charge in [-0.05, 0) is 36.8 Å². The molecule has 1 saturated carbocycles. The molecule has 0 atom stereocenters. The summed E-state index contributed by atoms with van der Waals surface area (Å²) in [4.78, 5) is 25.2. The minimum atomic E-state index is -0.950. The average molecular weight is 307 g/mol. The summed E-state index contributed by atoms with van der Waals surface area (Å²) < 4.78 is 0. The van der Waals surface area contributed by atoms with Crippen LogP contribution < -0.4 is 0 Å². The highest BCUT2D eigenvalue weighted by molar-refractivity contribution is 7.97. The molecule has 2 rings (SSSR count). The Balaban J connectivity index is 2.14. The van der Waals surface area contributed by atoms with E-state index in [2.05, 4.69) is 0 Å². The van der Waals surface area contributed by atoms with Crippen LogP contribution in [0.25, 0.3) is 0 Å². The number of thioether (sulfide) groups is 1. The van der Waals surface area contributed by atoms with Gasteiger partial charge in [0.2, 0.25) is 0 Å². The number of benzene rings is 1. The van der Waals surface area contributed by atoms with Gasteiger partial charge in [0.15, 0.2) is 0 Å². The Morgan fingerprint density at radius 2 is 1.86 bits per heavy atom. The molecule has 0 heterocycles. The van der Waals surface area contributed by atoms with Crippen molar-refractivity contribution in [2.24, 2.45) is 0 Å². The third-order valence-electron chi connectivity index (χ3n) is 3.84. The number of carboxylic acids is 1. The van der Waals surface area contributed by atoms with Gasteiger partial charge in [-0.3, -0.25) is 9.59 Å². The van der Waals surface area contributed by atoms with Crippen molar-refractivity contribution in [2.75, 3.05) is 12.8 Å². The van der Waals surface area contributed by atoms with Gasteiger partial charge in [0.25, 0.3) is 5.91 Å². The van der Waals surface area contributed by atoms with Crippen molar-refractivity contribution in [1.82, 2.24) is 4.90 Å². The lowest BCUT2D eigenvalue weighted by Crippen LogP contribution is -2.42. The summed E-state index contributed by atoms with van der Waals surface area (Å²) in [5, 5.41) is 9.06. The number of rotatable bonds is 6. The second-order valence-electron chi connectivity index (χ2n) is 5.40. The van der Waals surface area contributed by atoms with Crippen molar-refractivity contribution < 1.29 is 14.7 Å².